The van der Waals surface area contributed by atoms with Crippen LogP contribution in [0.4, 0.5) is 10.1 Å². The second kappa shape index (κ2) is 5.48. The molecule has 0 radical (unpaired) electrons. The molecule has 5 nitrogen and oxygen atoms in total. The number of nitrogens with zero attached hydrogens (tertiary/aromatic N) is 1. The van der Waals surface area contributed by atoms with E-state index in [1.165, 1.54) is 37.4 Å². The molecule has 0 aliphatic heterocycles. The topological polar surface area (TPSA) is 69.4 Å². The maximum atomic E-state index is 14.1. The van der Waals surface area contributed by atoms with Gasteiger partial charge in [0, 0.05) is 11.6 Å². The van der Waals surface area contributed by atoms with Crippen molar-refractivity contribution in [1.82, 2.24) is 0 Å². The van der Waals surface area contributed by atoms with Gasteiger partial charge in [0.25, 0.3) is 5.69 Å². The number of aldehydes is 1. The molecule has 0 saturated heterocycles. The van der Waals surface area contributed by atoms with Crippen LogP contribution in [0.25, 0.3) is 11.1 Å². The van der Waals surface area contributed by atoms with Gasteiger partial charge in [-0.05, 0) is 23.8 Å². The van der Waals surface area contributed by atoms with Gasteiger partial charge in [-0.3, -0.25) is 14.9 Å². The minimum atomic E-state index is -0.657. The highest BCUT2D eigenvalue weighted by atomic mass is 19.1. The van der Waals surface area contributed by atoms with Crippen LogP contribution in [0.1, 0.15) is 10.4 Å². The summed E-state index contributed by atoms with van der Waals surface area (Å²) in [5, 5.41) is 10.7. The van der Waals surface area contributed by atoms with Crippen molar-refractivity contribution in [2.45, 2.75) is 0 Å². The Labute approximate surface area is 113 Å². The molecule has 2 aromatic carbocycles. The molecule has 0 bridgehead atoms. The highest BCUT2D eigenvalue weighted by molar-refractivity contribution is 5.85. The van der Waals surface area contributed by atoms with Gasteiger partial charge >= 0.3 is 0 Å². The molecule has 0 saturated carbocycles. The van der Waals surface area contributed by atoms with E-state index < -0.39 is 10.7 Å². The van der Waals surface area contributed by atoms with Gasteiger partial charge < -0.3 is 4.74 Å². The van der Waals surface area contributed by atoms with Crippen LogP contribution < -0.4 is 4.74 Å². The van der Waals surface area contributed by atoms with Crippen molar-refractivity contribution >= 4 is 12.0 Å². The van der Waals surface area contributed by atoms with Crippen LogP contribution in [0.2, 0.25) is 0 Å². The van der Waals surface area contributed by atoms with Gasteiger partial charge in [-0.15, -0.1) is 0 Å². The standard InChI is InChI=1S/C14H10FNO4/c1-20-13-4-2-3-11(14(13)15)9-5-6-12(16(18)19)10(7-9)8-17/h2-8H,1H3. The van der Waals surface area contributed by atoms with Crippen LogP contribution in [0.15, 0.2) is 36.4 Å². The average molecular weight is 275 g/mol. The van der Waals surface area contributed by atoms with Crippen LogP contribution >= 0.6 is 0 Å². The number of carbonyl (C=O) groups excluding carboxylic acids is 1. The first-order valence-corrected chi connectivity index (χ1v) is 5.65. The molecule has 20 heavy (non-hydrogen) atoms. The lowest BCUT2D eigenvalue weighted by molar-refractivity contribution is -0.385. The molecule has 2 aromatic rings. The second-order valence-electron chi connectivity index (χ2n) is 3.97. The quantitative estimate of drug-likeness (QED) is 0.488. The number of nitro groups is 1. The fourth-order valence-corrected chi connectivity index (χ4v) is 1.87. The summed E-state index contributed by atoms with van der Waals surface area (Å²) in [7, 11) is 1.34. The molecule has 0 fully saturated rings. The van der Waals surface area contributed by atoms with E-state index in [0.717, 1.165) is 0 Å². The molecule has 0 spiro atoms. The van der Waals surface area contributed by atoms with Crippen LogP contribution in [0.3, 0.4) is 0 Å². The summed E-state index contributed by atoms with van der Waals surface area (Å²) in [5.74, 6) is -0.519. The maximum Gasteiger partial charge on any atom is 0.279 e. The van der Waals surface area contributed by atoms with Gasteiger partial charge in [0.2, 0.25) is 0 Å². The Morgan fingerprint density at radius 3 is 2.65 bits per heavy atom. The van der Waals surface area contributed by atoms with E-state index in [1.807, 2.05) is 0 Å². The van der Waals surface area contributed by atoms with Gasteiger partial charge in [-0.1, -0.05) is 12.1 Å². The summed E-state index contributed by atoms with van der Waals surface area (Å²) in [6.45, 7) is 0. The Kier molecular flexibility index (Phi) is 3.74. The van der Waals surface area contributed by atoms with Gasteiger partial charge in [0.05, 0.1) is 17.6 Å². The zero-order valence-electron chi connectivity index (χ0n) is 10.5. The van der Waals surface area contributed by atoms with Crippen molar-refractivity contribution in [3.63, 3.8) is 0 Å². The minimum absolute atomic E-state index is 0.0634. The normalized spacial score (nSPS) is 10.1. The number of hydrogen-bond acceptors (Lipinski definition) is 4. The number of ether oxygens (including phenoxy) is 1. The first-order chi connectivity index (χ1) is 9.58. The number of carbonyl (C=O) groups is 1. The SMILES string of the molecule is COc1cccc(-c2ccc([N+](=O)[O-])c(C=O)c2)c1F. The van der Waals surface area contributed by atoms with Gasteiger partial charge in [0.1, 0.15) is 0 Å². The number of nitro benzene ring substituents is 1. The van der Waals surface area contributed by atoms with Crippen LogP contribution in [-0.2, 0) is 0 Å². The van der Waals surface area contributed by atoms with E-state index in [4.69, 9.17) is 4.74 Å². The first kappa shape index (κ1) is 13.7. The Hall–Kier alpha value is -2.76. The van der Waals surface area contributed by atoms with Gasteiger partial charge in [-0.25, -0.2) is 4.39 Å². The number of methoxy groups -OCH3 is 1. The predicted molar refractivity (Wildman–Crippen MR) is 70.4 cm³/mol. The van der Waals surface area contributed by atoms with E-state index in [2.05, 4.69) is 0 Å². The predicted octanol–water partition coefficient (Wildman–Crippen LogP) is 3.22. The number of hydrogen-bond donors (Lipinski definition) is 0. The molecule has 102 valence electrons. The van der Waals surface area contributed by atoms with Crippen LogP contribution in [0.5, 0.6) is 5.75 Å². The van der Waals surface area contributed by atoms with E-state index in [9.17, 15) is 19.3 Å². The Balaban J connectivity index is 2.60. The monoisotopic (exact) mass is 275 g/mol. The number of halogens is 1. The fraction of sp³-hybridized carbons (Fsp3) is 0.0714. The van der Waals surface area contributed by atoms with Crippen molar-refractivity contribution in [1.29, 1.82) is 0 Å². The zero-order chi connectivity index (χ0) is 14.7. The fourth-order valence-electron chi connectivity index (χ4n) is 1.87. The van der Waals surface area contributed by atoms with Crippen LogP contribution in [-0.4, -0.2) is 18.3 Å². The molecular weight excluding hydrogens is 265 g/mol. The van der Waals surface area contributed by atoms with Gasteiger partial charge in [0.15, 0.2) is 17.9 Å². The van der Waals surface area contributed by atoms with E-state index in [0.29, 0.717) is 11.8 Å². The lowest BCUT2D eigenvalue weighted by Crippen LogP contribution is -1.96. The van der Waals surface area contributed by atoms with Crippen molar-refractivity contribution in [3.8, 4) is 16.9 Å². The molecule has 0 aliphatic carbocycles. The smallest absolute Gasteiger partial charge is 0.279 e. The molecule has 0 aliphatic rings. The molecule has 0 aromatic heterocycles. The van der Waals surface area contributed by atoms with Gasteiger partial charge in [-0.2, -0.15) is 0 Å². The molecule has 0 N–H and O–H groups in total. The summed E-state index contributed by atoms with van der Waals surface area (Å²) in [6, 6.07) is 8.42. The molecule has 0 amide bonds. The highest BCUT2D eigenvalue weighted by Gasteiger charge is 2.16. The third-order valence-electron chi connectivity index (χ3n) is 2.85. The van der Waals surface area contributed by atoms with E-state index in [-0.39, 0.29) is 22.6 Å². The summed E-state index contributed by atoms with van der Waals surface area (Å²) in [6.07, 6.45) is 0.375. The lowest BCUT2D eigenvalue weighted by Gasteiger charge is -2.08. The minimum Gasteiger partial charge on any atom is -0.494 e. The number of benzene rings is 2. The first-order valence-electron chi connectivity index (χ1n) is 5.65. The van der Waals surface area contributed by atoms with Crippen molar-refractivity contribution < 1.29 is 18.8 Å². The maximum absolute atomic E-state index is 14.1. The summed E-state index contributed by atoms with van der Waals surface area (Å²) < 4.78 is 19.0. The van der Waals surface area contributed by atoms with E-state index in [1.54, 1.807) is 6.07 Å². The van der Waals surface area contributed by atoms with Crippen molar-refractivity contribution in [2.75, 3.05) is 7.11 Å². The second-order valence-corrected chi connectivity index (χ2v) is 3.97. The highest BCUT2D eigenvalue weighted by Crippen LogP contribution is 2.31. The Morgan fingerprint density at radius 2 is 2.05 bits per heavy atom. The summed E-state index contributed by atoms with van der Waals surface area (Å²) in [5.41, 5.74) is 0.165. The van der Waals surface area contributed by atoms with Crippen molar-refractivity contribution in [3.05, 3.63) is 57.9 Å². The molecule has 0 heterocycles. The summed E-state index contributed by atoms with van der Waals surface area (Å²) >= 11 is 0. The average Bonchev–Trinajstić information content (AvgIpc) is 2.46. The molecule has 0 unspecified atom stereocenters. The molecular formula is C14H10FNO4. The Morgan fingerprint density at radius 1 is 1.30 bits per heavy atom. The molecule has 6 heteroatoms. The summed E-state index contributed by atoms with van der Waals surface area (Å²) in [4.78, 5) is 21.0. The van der Waals surface area contributed by atoms with E-state index >= 15 is 0 Å². The van der Waals surface area contributed by atoms with Crippen LogP contribution in [0, 0.1) is 15.9 Å². The Bertz CT molecular complexity index is 685. The number of rotatable bonds is 4. The lowest BCUT2D eigenvalue weighted by atomic mass is 10.0. The molecule has 0 atom stereocenters. The zero-order valence-corrected chi connectivity index (χ0v) is 10.5. The third-order valence-corrected chi connectivity index (χ3v) is 2.85. The third kappa shape index (κ3) is 2.35. The molecule has 2 rings (SSSR count). The van der Waals surface area contributed by atoms with Crippen molar-refractivity contribution in [2.24, 2.45) is 0 Å². The largest absolute Gasteiger partial charge is 0.494 e.